The number of fused-ring (bicyclic) bond motifs is 3. The van der Waals surface area contributed by atoms with E-state index >= 15 is 0 Å². The van der Waals surface area contributed by atoms with Gasteiger partial charge in [0.05, 0.1) is 18.1 Å². The van der Waals surface area contributed by atoms with Crippen LogP contribution in [0.3, 0.4) is 0 Å². The summed E-state index contributed by atoms with van der Waals surface area (Å²) >= 11 is 0. The van der Waals surface area contributed by atoms with Gasteiger partial charge in [-0.2, -0.15) is 0 Å². The minimum atomic E-state index is -0.423. The Morgan fingerprint density at radius 1 is 0.935 bits per heavy atom. The van der Waals surface area contributed by atoms with Crippen molar-refractivity contribution >= 4 is 16.5 Å². The Labute approximate surface area is 179 Å². The lowest BCUT2D eigenvalue weighted by molar-refractivity contribution is -0.384. The molecule has 0 aromatic heterocycles. The molecule has 0 bridgehead atoms. The van der Waals surface area contributed by atoms with Crippen molar-refractivity contribution in [2.24, 2.45) is 0 Å². The van der Waals surface area contributed by atoms with Crippen LogP contribution in [0.4, 0.5) is 5.69 Å². The Morgan fingerprint density at radius 2 is 1.74 bits per heavy atom. The van der Waals surface area contributed by atoms with Crippen molar-refractivity contribution in [1.29, 1.82) is 0 Å². The van der Waals surface area contributed by atoms with Gasteiger partial charge >= 0.3 is 0 Å². The first-order chi connectivity index (χ1) is 15.1. The van der Waals surface area contributed by atoms with Crippen molar-refractivity contribution in [3.8, 4) is 11.5 Å². The van der Waals surface area contributed by atoms with E-state index in [4.69, 9.17) is 9.47 Å². The average molecular weight is 412 g/mol. The highest BCUT2D eigenvalue weighted by molar-refractivity contribution is 5.90. The Balaban J connectivity index is 1.65. The van der Waals surface area contributed by atoms with Crippen molar-refractivity contribution in [3.05, 3.63) is 112 Å². The lowest BCUT2D eigenvalue weighted by Gasteiger charge is -2.35. The van der Waals surface area contributed by atoms with Crippen LogP contribution in [0.5, 0.6) is 11.5 Å². The predicted molar refractivity (Wildman–Crippen MR) is 118 cm³/mol. The molecule has 1 heterocycles. The van der Waals surface area contributed by atoms with E-state index in [1.54, 1.807) is 19.2 Å². The average Bonchev–Trinajstić information content (AvgIpc) is 2.83. The highest BCUT2D eigenvalue weighted by Gasteiger charge is 2.31. The van der Waals surface area contributed by atoms with Crippen LogP contribution >= 0.6 is 0 Å². The number of benzene rings is 4. The van der Waals surface area contributed by atoms with E-state index in [0.29, 0.717) is 0 Å². The fraction of sp³-hybridized carbons (Fsp3) is 0.120. The molecule has 6 heteroatoms. The van der Waals surface area contributed by atoms with Gasteiger partial charge in [-0.25, -0.2) is 0 Å². The summed E-state index contributed by atoms with van der Waals surface area (Å²) in [5.74, 6) is 1.55. The summed E-state index contributed by atoms with van der Waals surface area (Å²) in [7, 11) is 1.63. The summed E-state index contributed by atoms with van der Waals surface area (Å²) in [6.07, 6.45) is -0.423. The maximum absolute atomic E-state index is 11.4. The molecule has 0 fully saturated rings. The first-order valence-corrected chi connectivity index (χ1v) is 9.97. The zero-order valence-corrected chi connectivity index (χ0v) is 16.8. The smallest absolute Gasteiger partial charge is 0.269 e. The maximum Gasteiger partial charge on any atom is 0.269 e. The van der Waals surface area contributed by atoms with E-state index in [0.717, 1.165) is 39.0 Å². The van der Waals surface area contributed by atoms with Crippen molar-refractivity contribution in [1.82, 2.24) is 5.32 Å². The SMILES string of the molecule is COc1ccc([C@H]2N[C@H](c3cccc([N+](=O)[O-])c3)c3ccc4ccccc4c3O2)cc1. The third kappa shape index (κ3) is 3.47. The second-order valence-electron chi connectivity index (χ2n) is 7.43. The number of hydrogen-bond donors (Lipinski definition) is 1. The van der Waals surface area contributed by atoms with Gasteiger partial charge in [-0.15, -0.1) is 0 Å². The molecule has 0 aliphatic carbocycles. The molecule has 2 atom stereocenters. The molecular formula is C25H20N2O4. The summed E-state index contributed by atoms with van der Waals surface area (Å²) in [5.41, 5.74) is 2.76. The predicted octanol–water partition coefficient (Wildman–Crippen LogP) is 5.53. The first kappa shape index (κ1) is 19.1. The quantitative estimate of drug-likeness (QED) is 0.353. The third-order valence-electron chi connectivity index (χ3n) is 5.61. The minimum Gasteiger partial charge on any atom is -0.497 e. The molecule has 154 valence electrons. The number of nitro benzene ring substituents is 1. The summed E-state index contributed by atoms with van der Waals surface area (Å²) in [6, 6.07) is 26.3. The zero-order chi connectivity index (χ0) is 21.4. The number of rotatable bonds is 4. The summed E-state index contributed by atoms with van der Waals surface area (Å²) in [6.45, 7) is 0. The number of hydrogen-bond acceptors (Lipinski definition) is 5. The van der Waals surface area contributed by atoms with Crippen LogP contribution in [-0.4, -0.2) is 12.0 Å². The van der Waals surface area contributed by atoms with E-state index in [1.165, 1.54) is 6.07 Å². The fourth-order valence-electron chi connectivity index (χ4n) is 4.05. The summed E-state index contributed by atoms with van der Waals surface area (Å²) < 4.78 is 11.7. The molecule has 1 aliphatic rings. The molecule has 0 amide bonds. The molecule has 6 nitrogen and oxygen atoms in total. The topological polar surface area (TPSA) is 73.6 Å². The number of nitrogens with one attached hydrogen (secondary N) is 1. The molecular weight excluding hydrogens is 392 g/mol. The Morgan fingerprint density at radius 3 is 2.52 bits per heavy atom. The van der Waals surface area contributed by atoms with Gasteiger partial charge in [-0.1, -0.05) is 60.7 Å². The number of methoxy groups -OCH3 is 1. The van der Waals surface area contributed by atoms with Gasteiger partial charge in [0.2, 0.25) is 0 Å². The van der Waals surface area contributed by atoms with Gasteiger partial charge < -0.3 is 9.47 Å². The van der Waals surface area contributed by atoms with Crippen LogP contribution in [-0.2, 0) is 0 Å². The number of ether oxygens (including phenoxy) is 2. The molecule has 5 rings (SSSR count). The van der Waals surface area contributed by atoms with Gasteiger partial charge in [0.15, 0.2) is 6.23 Å². The Hall–Kier alpha value is -3.90. The van der Waals surface area contributed by atoms with E-state index in [9.17, 15) is 10.1 Å². The van der Waals surface area contributed by atoms with Gasteiger partial charge in [-0.05, 0) is 23.1 Å². The summed E-state index contributed by atoms with van der Waals surface area (Å²) in [4.78, 5) is 11.0. The molecule has 4 aromatic carbocycles. The Kier molecular flexibility index (Phi) is 4.76. The molecule has 0 saturated heterocycles. The van der Waals surface area contributed by atoms with Gasteiger partial charge in [0, 0.05) is 28.6 Å². The van der Waals surface area contributed by atoms with Crippen LogP contribution in [0.1, 0.15) is 29.0 Å². The van der Waals surface area contributed by atoms with Crippen molar-refractivity contribution in [2.45, 2.75) is 12.3 Å². The largest absolute Gasteiger partial charge is 0.497 e. The van der Waals surface area contributed by atoms with Crippen LogP contribution in [0.2, 0.25) is 0 Å². The van der Waals surface area contributed by atoms with E-state index in [-0.39, 0.29) is 16.7 Å². The molecule has 0 radical (unpaired) electrons. The molecule has 0 unspecified atom stereocenters. The minimum absolute atomic E-state index is 0.0640. The highest BCUT2D eigenvalue weighted by Crippen LogP contribution is 2.43. The number of nitrogens with zero attached hydrogens (tertiary/aromatic N) is 1. The number of non-ortho nitro benzene ring substituents is 1. The highest BCUT2D eigenvalue weighted by atomic mass is 16.6. The normalized spacial score (nSPS) is 17.6. The van der Waals surface area contributed by atoms with Gasteiger partial charge in [0.25, 0.3) is 5.69 Å². The van der Waals surface area contributed by atoms with Gasteiger partial charge in [-0.3, -0.25) is 15.4 Å². The van der Waals surface area contributed by atoms with E-state index in [1.807, 2.05) is 60.7 Å². The Bertz CT molecular complexity index is 1270. The first-order valence-electron chi connectivity index (χ1n) is 9.97. The summed E-state index contributed by atoms with van der Waals surface area (Å²) in [5, 5.41) is 17.0. The molecule has 1 N–H and O–H groups in total. The van der Waals surface area contributed by atoms with Crippen molar-refractivity contribution in [3.63, 3.8) is 0 Å². The van der Waals surface area contributed by atoms with Gasteiger partial charge in [0.1, 0.15) is 11.5 Å². The number of nitro groups is 1. The molecule has 1 aliphatic heterocycles. The third-order valence-corrected chi connectivity index (χ3v) is 5.61. The monoisotopic (exact) mass is 412 g/mol. The standard InChI is InChI=1S/C25H20N2O4/c1-30-20-12-9-17(10-13-20)25-26-23(18-6-4-7-19(15-18)27(28)29)22-14-11-16-5-2-3-8-21(16)24(22)31-25/h2-15,23,25-26H,1H3/t23-,25+/m1/s1. The fourth-order valence-corrected chi connectivity index (χ4v) is 4.05. The second-order valence-corrected chi connectivity index (χ2v) is 7.43. The lowest BCUT2D eigenvalue weighted by Crippen LogP contribution is -2.35. The zero-order valence-electron chi connectivity index (χ0n) is 16.8. The van der Waals surface area contributed by atoms with Crippen LogP contribution in [0.25, 0.3) is 10.8 Å². The van der Waals surface area contributed by atoms with Crippen molar-refractivity contribution < 1.29 is 14.4 Å². The second kappa shape index (κ2) is 7.74. The molecule has 4 aromatic rings. The van der Waals surface area contributed by atoms with E-state index < -0.39 is 6.23 Å². The molecule has 0 saturated carbocycles. The van der Waals surface area contributed by atoms with Crippen LogP contribution < -0.4 is 14.8 Å². The van der Waals surface area contributed by atoms with Crippen LogP contribution in [0.15, 0.2) is 84.9 Å². The maximum atomic E-state index is 11.4. The molecule has 0 spiro atoms. The van der Waals surface area contributed by atoms with Crippen LogP contribution in [0, 0.1) is 10.1 Å². The molecule has 31 heavy (non-hydrogen) atoms. The van der Waals surface area contributed by atoms with Crippen molar-refractivity contribution in [2.75, 3.05) is 7.11 Å². The van der Waals surface area contributed by atoms with E-state index in [2.05, 4.69) is 11.4 Å². The lowest BCUT2D eigenvalue weighted by atomic mass is 9.92.